The van der Waals surface area contributed by atoms with Crippen LogP contribution in [0, 0.1) is 0 Å². The summed E-state index contributed by atoms with van der Waals surface area (Å²) in [7, 11) is 1.68. The van der Waals surface area contributed by atoms with Crippen LogP contribution in [0.4, 0.5) is 5.95 Å². The van der Waals surface area contributed by atoms with E-state index >= 15 is 0 Å². The molecular weight excluding hydrogens is 468 g/mol. The maximum Gasteiger partial charge on any atom is 0.226 e. The lowest BCUT2D eigenvalue weighted by Crippen LogP contribution is -2.32. The fourth-order valence-corrected chi connectivity index (χ4v) is 4.91. The summed E-state index contributed by atoms with van der Waals surface area (Å²) in [5.74, 6) is 2.32. The molecular formula is C25H19BrN4O2. The standard InChI is InChI=1S/C25H19BrN4O2/c1-31-18-9-5-6-15(13-18)23-21-22(29-25-27-14-28-30(23)25)19-10-2-3-11-20(19)32-24(21)16-7-4-8-17(26)12-16/h2-14,23-24H,1H3,(H,27,28,29)/t23-,24+/m0/s1. The molecule has 0 fully saturated rings. The minimum absolute atomic E-state index is 0.212. The summed E-state index contributed by atoms with van der Waals surface area (Å²) in [5, 5.41) is 8.09. The van der Waals surface area contributed by atoms with E-state index in [1.165, 1.54) is 0 Å². The van der Waals surface area contributed by atoms with Gasteiger partial charge in [-0.2, -0.15) is 10.1 Å². The molecule has 3 heterocycles. The Morgan fingerprint density at radius 2 is 1.84 bits per heavy atom. The predicted molar refractivity (Wildman–Crippen MR) is 126 cm³/mol. The molecule has 0 aliphatic carbocycles. The van der Waals surface area contributed by atoms with Gasteiger partial charge in [-0.05, 0) is 47.5 Å². The van der Waals surface area contributed by atoms with Crippen molar-refractivity contribution >= 4 is 27.6 Å². The van der Waals surface area contributed by atoms with E-state index < -0.39 is 0 Å². The Morgan fingerprint density at radius 1 is 1.00 bits per heavy atom. The van der Waals surface area contributed by atoms with E-state index in [0.717, 1.165) is 43.9 Å². The topological polar surface area (TPSA) is 61.2 Å². The van der Waals surface area contributed by atoms with E-state index in [-0.39, 0.29) is 12.1 Å². The van der Waals surface area contributed by atoms with Crippen LogP contribution < -0.4 is 14.8 Å². The number of para-hydroxylation sites is 1. The molecule has 0 spiro atoms. The van der Waals surface area contributed by atoms with Gasteiger partial charge in [0.25, 0.3) is 0 Å². The van der Waals surface area contributed by atoms with Gasteiger partial charge in [-0.25, -0.2) is 4.68 Å². The van der Waals surface area contributed by atoms with Crippen molar-refractivity contribution in [3.05, 3.63) is 106 Å². The molecule has 2 aliphatic heterocycles. The molecule has 7 heteroatoms. The molecule has 158 valence electrons. The first-order valence-electron chi connectivity index (χ1n) is 10.3. The molecule has 0 bridgehead atoms. The molecule has 0 unspecified atom stereocenters. The number of halogens is 1. The summed E-state index contributed by atoms with van der Waals surface area (Å²) in [5.41, 5.74) is 5.20. The molecule has 2 atom stereocenters. The molecule has 32 heavy (non-hydrogen) atoms. The molecule has 0 saturated heterocycles. The van der Waals surface area contributed by atoms with Crippen LogP contribution in [0.2, 0.25) is 0 Å². The average Bonchev–Trinajstić information content (AvgIpc) is 3.30. The van der Waals surface area contributed by atoms with Crippen molar-refractivity contribution in [2.75, 3.05) is 12.4 Å². The van der Waals surface area contributed by atoms with E-state index in [1.807, 2.05) is 53.2 Å². The van der Waals surface area contributed by atoms with Crippen LogP contribution in [-0.2, 0) is 0 Å². The Kier molecular flexibility index (Phi) is 4.50. The minimum atomic E-state index is -0.307. The number of nitrogens with one attached hydrogen (secondary N) is 1. The molecule has 1 aromatic heterocycles. The van der Waals surface area contributed by atoms with E-state index in [1.54, 1.807) is 13.4 Å². The number of ether oxygens (including phenoxy) is 2. The second-order valence-corrected chi connectivity index (χ2v) is 8.63. The summed E-state index contributed by atoms with van der Waals surface area (Å²) in [4.78, 5) is 4.48. The Bertz CT molecular complexity index is 1360. The Hall–Kier alpha value is -3.58. The number of nitrogens with zero attached hydrogens (tertiary/aromatic N) is 3. The van der Waals surface area contributed by atoms with Gasteiger partial charge in [0, 0.05) is 15.6 Å². The van der Waals surface area contributed by atoms with Crippen LogP contribution in [0.5, 0.6) is 11.5 Å². The number of hydrogen-bond acceptors (Lipinski definition) is 5. The van der Waals surface area contributed by atoms with Gasteiger partial charge in [0.05, 0.1) is 12.8 Å². The van der Waals surface area contributed by atoms with Crippen LogP contribution in [0.25, 0.3) is 5.70 Å². The third-order valence-electron chi connectivity index (χ3n) is 5.88. The van der Waals surface area contributed by atoms with Gasteiger partial charge in [-0.15, -0.1) is 0 Å². The molecule has 3 aromatic carbocycles. The van der Waals surface area contributed by atoms with E-state index in [4.69, 9.17) is 9.47 Å². The van der Waals surface area contributed by atoms with Crippen LogP contribution >= 0.6 is 15.9 Å². The summed E-state index contributed by atoms with van der Waals surface area (Å²) in [6.45, 7) is 0. The molecule has 0 radical (unpaired) electrons. The van der Waals surface area contributed by atoms with Crippen molar-refractivity contribution in [1.29, 1.82) is 0 Å². The Labute approximate surface area is 193 Å². The summed E-state index contributed by atoms with van der Waals surface area (Å²) < 4.78 is 15.1. The number of benzene rings is 3. The maximum atomic E-state index is 6.63. The monoisotopic (exact) mass is 486 g/mol. The maximum absolute atomic E-state index is 6.63. The highest BCUT2D eigenvalue weighted by molar-refractivity contribution is 9.10. The number of anilines is 1. The van der Waals surface area contributed by atoms with Gasteiger partial charge in [-0.1, -0.05) is 52.3 Å². The zero-order valence-electron chi connectivity index (χ0n) is 17.2. The first-order valence-corrected chi connectivity index (χ1v) is 11.1. The second kappa shape index (κ2) is 7.53. The van der Waals surface area contributed by atoms with Gasteiger partial charge >= 0.3 is 0 Å². The number of hydrogen-bond donors (Lipinski definition) is 1. The lowest BCUT2D eigenvalue weighted by Gasteiger charge is -2.39. The van der Waals surface area contributed by atoms with Crippen LogP contribution in [0.1, 0.15) is 28.8 Å². The number of fused-ring (bicyclic) bond motifs is 3. The van der Waals surface area contributed by atoms with Gasteiger partial charge < -0.3 is 14.8 Å². The summed E-state index contributed by atoms with van der Waals surface area (Å²) in [6, 6.07) is 24.2. The normalized spacial score (nSPS) is 18.7. The second-order valence-electron chi connectivity index (χ2n) is 7.71. The number of rotatable bonds is 3. The zero-order valence-corrected chi connectivity index (χ0v) is 18.8. The summed E-state index contributed by atoms with van der Waals surface area (Å²) >= 11 is 3.62. The van der Waals surface area contributed by atoms with Crippen molar-refractivity contribution in [2.45, 2.75) is 12.1 Å². The van der Waals surface area contributed by atoms with Crippen LogP contribution in [0.3, 0.4) is 0 Å². The van der Waals surface area contributed by atoms with Crippen molar-refractivity contribution in [1.82, 2.24) is 14.8 Å². The van der Waals surface area contributed by atoms with Crippen LogP contribution in [-0.4, -0.2) is 21.9 Å². The van der Waals surface area contributed by atoms with Crippen molar-refractivity contribution < 1.29 is 9.47 Å². The number of methoxy groups -OCH3 is 1. The molecule has 0 amide bonds. The smallest absolute Gasteiger partial charge is 0.226 e. The third-order valence-corrected chi connectivity index (χ3v) is 6.38. The highest BCUT2D eigenvalue weighted by Crippen LogP contribution is 2.50. The van der Waals surface area contributed by atoms with Crippen molar-refractivity contribution in [2.24, 2.45) is 0 Å². The SMILES string of the molecule is COc1cccc([C@H]2C3=C(Nc4ncnn42)c2ccccc2O[C@@H]3c2cccc(Br)c2)c1. The highest BCUT2D eigenvalue weighted by atomic mass is 79.9. The zero-order chi connectivity index (χ0) is 21.7. The first-order chi connectivity index (χ1) is 15.7. The van der Waals surface area contributed by atoms with Gasteiger partial charge in [0.15, 0.2) is 0 Å². The lowest BCUT2D eigenvalue weighted by molar-refractivity contribution is 0.223. The van der Waals surface area contributed by atoms with E-state index in [0.29, 0.717) is 5.95 Å². The first kappa shape index (κ1) is 19.1. The lowest BCUT2D eigenvalue weighted by atomic mass is 9.84. The average molecular weight is 487 g/mol. The quantitative estimate of drug-likeness (QED) is 0.407. The molecule has 2 aliphatic rings. The predicted octanol–water partition coefficient (Wildman–Crippen LogP) is 5.61. The van der Waals surface area contributed by atoms with E-state index in [9.17, 15) is 0 Å². The Morgan fingerprint density at radius 3 is 2.72 bits per heavy atom. The molecule has 0 saturated carbocycles. The van der Waals surface area contributed by atoms with Crippen molar-refractivity contribution in [3.8, 4) is 11.5 Å². The van der Waals surface area contributed by atoms with Gasteiger partial charge in [0.2, 0.25) is 5.95 Å². The van der Waals surface area contributed by atoms with Crippen LogP contribution in [0.15, 0.2) is 89.2 Å². The van der Waals surface area contributed by atoms with Gasteiger partial charge in [0.1, 0.15) is 30.0 Å². The Balaban J connectivity index is 1.63. The fourth-order valence-electron chi connectivity index (χ4n) is 4.49. The van der Waals surface area contributed by atoms with E-state index in [2.05, 4.69) is 55.6 Å². The molecule has 4 aromatic rings. The van der Waals surface area contributed by atoms with Gasteiger partial charge in [-0.3, -0.25) is 0 Å². The largest absolute Gasteiger partial charge is 0.497 e. The highest BCUT2D eigenvalue weighted by Gasteiger charge is 2.41. The minimum Gasteiger partial charge on any atom is -0.497 e. The summed E-state index contributed by atoms with van der Waals surface area (Å²) in [6.07, 6.45) is 1.27. The van der Waals surface area contributed by atoms with Crippen molar-refractivity contribution in [3.63, 3.8) is 0 Å². The number of aromatic nitrogens is 3. The fraction of sp³-hybridized carbons (Fsp3) is 0.120. The third kappa shape index (κ3) is 3.00. The molecule has 6 nitrogen and oxygen atoms in total. The molecule has 6 rings (SSSR count). The molecule has 1 N–H and O–H groups in total.